The van der Waals surface area contributed by atoms with Gasteiger partial charge in [0.15, 0.2) is 0 Å². The molecule has 1 rings (SSSR count). The van der Waals surface area contributed by atoms with Gasteiger partial charge in [-0.05, 0) is 5.80 Å². The number of hydrogen-bond acceptors (Lipinski definition) is 1. The minimum Gasteiger partial charge on any atom is -0.345 e. The Labute approximate surface area is 43.8 Å². The van der Waals surface area contributed by atoms with Crippen molar-refractivity contribution >= 4 is 14.7 Å². The summed E-state index contributed by atoms with van der Waals surface area (Å²) in [6, 6.07) is 0. The van der Waals surface area contributed by atoms with Crippen molar-refractivity contribution in [2.24, 2.45) is 0 Å². The smallest absolute Gasteiger partial charge is 0.0924 e. The Morgan fingerprint density at radius 2 is 2.71 bits per heavy atom. The van der Waals surface area contributed by atoms with E-state index in [0.717, 1.165) is 5.69 Å². The maximum Gasteiger partial charge on any atom is 0.0924 e. The maximum atomic E-state index is 3.78. The van der Waals surface area contributed by atoms with Crippen LogP contribution in [0.15, 0.2) is 12.5 Å². The van der Waals surface area contributed by atoms with Crippen molar-refractivity contribution in [3.63, 3.8) is 0 Å². The zero-order chi connectivity index (χ0) is 5.11. The van der Waals surface area contributed by atoms with Gasteiger partial charge in [0.05, 0.1) is 18.2 Å². The molecule has 0 saturated carbocycles. The molecule has 0 aliphatic rings. The number of nitrogens with one attached hydrogen (secondary N) is 1. The van der Waals surface area contributed by atoms with Gasteiger partial charge < -0.3 is 4.98 Å². The molecule has 0 aliphatic carbocycles. The molecule has 0 aliphatic heterocycles. The maximum absolute atomic E-state index is 3.78. The topological polar surface area (TPSA) is 28.7 Å². The molecule has 0 aromatic carbocycles. The molecule has 0 amide bonds. The van der Waals surface area contributed by atoms with Crippen molar-refractivity contribution in [3.8, 4) is 0 Å². The second-order valence-corrected chi connectivity index (χ2v) is 1.44. The monoisotopic (exact) mass is 112 g/mol. The molecule has 0 spiro atoms. The predicted molar refractivity (Wildman–Crippen MR) is 32.1 cm³/mol. The highest BCUT2D eigenvalue weighted by atomic mass is 31.0. The van der Waals surface area contributed by atoms with Crippen molar-refractivity contribution in [3.05, 3.63) is 18.2 Å². The van der Waals surface area contributed by atoms with Crippen LogP contribution >= 0.6 is 8.86 Å². The highest BCUT2D eigenvalue weighted by Crippen LogP contribution is 1.83. The fraction of sp³-hybridized carbons (Fsp3) is 0. The molecule has 1 aromatic rings. The molecule has 0 fully saturated rings. The zero-order valence-electron chi connectivity index (χ0n) is 3.68. The van der Waals surface area contributed by atoms with Crippen LogP contribution in [0.2, 0.25) is 0 Å². The largest absolute Gasteiger partial charge is 0.345 e. The van der Waals surface area contributed by atoms with Crippen LogP contribution < -0.4 is 0 Å². The fourth-order valence-corrected chi connectivity index (χ4v) is 0.503. The Balaban J connectivity index is 2.96. The number of rotatable bonds is 1. The molecule has 3 heteroatoms. The van der Waals surface area contributed by atoms with Crippen LogP contribution in [0, 0.1) is 0 Å². The summed E-state index contributed by atoms with van der Waals surface area (Å²) in [4.78, 5) is 6.65. The van der Waals surface area contributed by atoms with E-state index in [2.05, 4.69) is 18.8 Å². The molecular formula is C4H5N2P. The molecule has 1 N–H and O–H groups in total. The molecule has 0 saturated heterocycles. The van der Waals surface area contributed by atoms with Crippen LogP contribution in [0.4, 0.5) is 0 Å². The zero-order valence-corrected chi connectivity index (χ0v) is 4.68. The van der Waals surface area contributed by atoms with E-state index in [4.69, 9.17) is 0 Å². The van der Waals surface area contributed by atoms with Gasteiger partial charge in [0.25, 0.3) is 0 Å². The quantitative estimate of drug-likeness (QED) is 0.532. The lowest BCUT2D eigenvalue weighted by Gasteiger charge is -1.71. The van der Waals surface area contributed by atoms with Crippen LogP contribution in [0.3, 0.4) is 0 Å². The Morgan fingerprint density at radius 3 is 3.00 bits per heavy atom. The third-order valence-corrected chi connectivity index (χ3v) is 0.986. The lowest BCUT2D eigenvalue weighted by molar-refractivity contribution is 1.31. The average Bonchev–Trinajstić information content (AvgIpc) is 2.14. The Hall–Kier alpha value is -0.620. The predicted octanol–water partition coefficient (Wildman–Crippen LogP) is 0.703. The molecule has 1 aromatic heterocycles. The van der Waals surface area contributed by atoms with Gasteiger partial charge in [0.2, 0.25) is 0 Å². The summed E-state index contributed by atoms with van der Waals surface area (Å²) < 4.78 is 0. The summed E-state index contributed by atoms with van der Waals surface area (Å²) in [7, 11) is 3.18. The molecule has 1 heterocycles. The van der Waals surface area contributed by atoms with Crippen molar-refractivity contribution in [2.75, 3.05) is 0 Å². The van der Waals surface area contributed by atoms with Crippen LogP contribution in [0.5, 0.6) is 0 Å². The highest BCUT2D eigenvalue weighted by molar-refractivity contribution is 7.19. The van der Waals surface area contributed by atoms with Gasteiger partial charge in [0, 0.05) is 0 Å². The average molecular weight is 112 g/mol. The van der Waals surface area contributed by atoms with E-state index in [9.17, 15) is 0 Å². The Morgan fingerprint density at radius 1 is 1.86 bits per heavy atom. The van der Waals surface area contributed by atoms with E-state index in [1.54, 1.807) is 18.3 Å². The second kappa shape index (κ2) is 1.90. The molecule has 36 valence electrons. The number of imidazole rings is 1. The van der Waals surface area contributed by atoms with Gasteiger partial charge in [-0.2, -0.15) is 0 Å². The first-order chi connectivity index (χ1) is 3.43. The van der Waals surface area contributed by atoms with Crippen molar-refractivity contribution in [1.29, 1.82) is 0 Å². The molecule has 7 heavy (non-hydrogen) atoms. The number of nitrogens with zero attached hydrogens (tertiary/aromatic N) is 1. The van der Waals surface area contributed by atoms with Gasteiger partial charge in [-0.15, -0.1) is 8.86 Å². The minimum absolute atomic E-state index is 0.983. The number of hydrogen-bond donors (Lipinski definition) is 1. The summed E-state index contributed by atoms with van der Waals surface area (Å²) in [5, 5.41) is 0. The van der Waals surface area contributed by atoms with Crippen molar-refractivity contribution < 1.29 is 0 Å². The molecule has 0 bridgehead atoms. The van der Waals surface area contributed by atoms with E-state index in [-0.39, 0.29) is 0 Å². The van der Waals surface area contributed by atoms with Gasteiger partial charge in [-0.3, -0.25) is 0 Å². The van der Waals surface area contributed by atoms with Crippen molar-refractivity contribution in [2.45, 2.75) is 0 Å². The van der Waals surface area contributed by atoms with Crippen LogP contribution in [-0.2, 0) is 0 Å². The van der Waals surface area contributed by atoms with Crippen LogP contribution in [-0.4, -0.2) is 15.8 Å². The Kier molecular flexibility index (Phi) is 1.23. The highest BCUT2D eigenvalue weighted by Gasteiger charge is 1.78. The Bertz CT molecular complexity index is 145. The molecule has 0 unspecified atom stereocenters. The third kappa shape index (κ3) is 0.875. The fourth-order valence-electron chi connectivity index (χ4n) is 0.346. The van der Waals surface area contributed by atoms with E-state index in [1.807, 2.05) is 0 Å². The lowest BCUT2D eigenvalue weighted by atomic mass is 10.6. The molecule has 0 atom stereocenters. The summed E-state index contributed by atoms with van der Waals surface area (Å²) >= 11 is 0. The van der Waals surface area contributed by atoms with E-state index in [1.165, 1.54) is 0 Å². The van der Waals surface area contributed by atoms with Gasteiger partial charge >= 0.3 is 0 Å². The van der Waals surface area contributed by atoms with Crippen molar-refractivity contribution in [1.82, 2.24) is 9.97 Å². The summed E-state index contributed by atoms with van der Waals surface area (Å²) in [6.45, 7) is 0. The SMILES string of the molecule is P=Cc1cnc[nH]1. The second-order valence-electron chi connectivity index (χ2n) is 1.15. The van der Waals surface area contributed by atoms with E-state index < -0.39 is 0 Å². The summed E-state index contributed by atoms with van der Waals surface area (Å²) in [6.07, 6.45) is 3.36. The lowest BCUT2D eigenvalue weighted by Crippen LogP contribution is -1.70. The van der Waals surface area contributed by atoms with Gasteiger partial charge in [0.1, 0.15) is 0 Å². The minimum atomic E-state index is 0.983. The third-order valence-electron chi connectivity index (χ3n) is 0.675. The summed E-state index contributed by atoms with van der Waals surface area (Å²) in [5.74, 6) is 1.77. The first-order valence-corrected chi connectivity index (χ1v) is 2.50. The number of H-pyrrole nitrogens is 1. The normalized spacial score (nSPS) is 8.57. The number of aromatic nitrogens is 2. The van der Waals surface area contributed by atoms with Crippen LogP contribution in [0.1, 0.15) is 5.69 Å². The standard InChI is InChI=1S/C4H5N2P/c7-2-4-1-5-3-6-4/h1-3,7H,(H,5,6). The summed E-state index contributed by atoms with van der Waals surface area (Å²) in [5.41, 5.74) is 0.983. The van der Waals surface area contributed by atoms with Gasteiger partial charge in [-0.1, -0.05) is 0 Å². The van der Waals surface area contributed by atoms with Crippen LogP contribution in [0.25, 0.3) is 0 Å². The first-order valence-electron chi connectivity index (χ1n) is 1.92. The van der Waals surface area contributed by atoms with E-state index in [0.29, 0.717) is 0 Å². The molecule has 2 nitrogen and oxygen atoms in total. The molecular weight excluding hydrogens is 107 g/mol. The molecule has 0 radical (unpaired) electrons. The number of aromatic amines is 1. The first kappa shape index (κ1) is 4.54. The van der Waals surface area contributed by atoms with Gasteiger partial charge in [-0.25, -0.2) is 4.98 Å². The van der Waals surface area contributed by atoms with E-state index >= 15 is 0 Å².